The van der Waals surface area contributed by atoms with Crippen molar-refractivity contribution in [3.63, 3.8) is 0 Å². The number of sulfonamides is 1. The number of benzene rings is 2. The second kappa shape index (κ2) is 12.0. The smallest absolute Gasteiger partial charge is 0.244 e. The zero-order chi connectivity index (χ0) is 25.5. The fraction of sp³-hybridized carbons (Fsp3) is 0.462. The largest absolute Gasteiger partial charge is 0.354 e. The summed E-state index contributed by atoms with van der Waals surface area (Å²) in [7, 11) is -3.73. The first-order chi connectivity index (χ1) is 15.9. The Hall–Kier alpha value is -2.87. The molecule has 0 aliphatic rings. The molecule has 2 amide bonds. The number of rotatable bonds is 11. The molecule has 0 radical (unpaired) electrons. The predicted molar refractivity (Wildman–Crippen MR) is 137 cm³/mol. The van der Waals surface area contributed by atoms with E-state index in [1.54, 1.807) is 19.1 Å². The van der Waals surface area contributed by atoms with Gasteiger partial charge in [-0.25, -0.2) is 8.42 Å². The van der Waals surface area contributed by atoms with Gasteiger partial charge in [-0.1, -0.05) is 49.2 Å². The van der Waals surface area contributed by atoms with Gasteiger partial charge >= 0.3 is 0 Å². The van der Waals surface area contributed by atoms with Crippen molar-refractivity contribution in [1.29, 1.82) is 0 Å². The number of hydrogen-bond acceptors (Lipinski definition) is 4. The van der Waals surface area contributed by atoms with Gasteiger partial charge in [0.2, 0.25) is 21.8 Å². The van der Waals surface area contributed by atoms with Crippen LogP contribution in [-0.2, 0) is 26.2 Å². The molecule has 0 aliphatic carbocycles. The summed E-state index contributed by atoms with van der Waals surface area (Å²) in [6.45, 7) is 9.87. The molecule has 0 aliphatic heterocycles. The molecule has 2 aromatic carbocycles. The molecule has 8 heteroatoms. The molecule has 0 aromatic heterocycles. The average Bonchev–Trinajstić information content (AvgIpc) is 2.77. The van der Waals surface area contributed by atoms with Crippen LogP contribution < -0.4 is 9.62 Å². The third kappa shape index (κ3) is 7.58. The summed E-state index contributed by atoms with van der Waals surface area (Å²) >= 11 is 0. The maximum atomic E-state index is 13.5. The van der Waals surface area contributed by atoms with Crippen LogP contribution in [0.25, 0.3) is 0 Å². The van der Waals surface area contributed by atoms with E-state index in [2.05, 4.69) is 5.32 Å². The van der Waals surface area contributed by atoms with E-state index < -0.39 is 22.0 Å². The first-order valence-electron chi connectivity index (χ1n) is 11.6. The van der Waals surface area contributed by atoms with Gasteiger partial charge in [-0.3, -0.25) is 13.9 Å². The van der Waals surface area contributed by atoms with Crippen LogP contribution in [0.2, 0.25) is 0 Å². The van der Waals surface area contributed by atoms with Crippen molar-refractivity contribution in [2.75, 3.05) is 23.7 Å². The molecule has 7 nitrogen and oxygen atoms in total. The second-order valence-corrected chi connectivity index (χ2v) is 10.8. The Morgan fingerprint density at radius 2 is 1.65 bits per heavy atom. The number of hydrogen-bond donors (Lipinski definition) is 1. The van der Waals surface area contributed by atoms with Gasteiger partial charge in [0.25, 0.3) is 0 Å². The highest BCUT2D eigenvalue weighted by Crippen LogP contribution is 2.22. The highest BCUT2D eigenvalue weighted by atomic mass is 32.2. The third-order valence-corrected chi connectivity index (χ3v) is 7.07. The van der Waals surface area contributed by atoms with Crippen molar-refractivity contribution in [2.45, 2.75) is 60.0 Å². The summed E-state index contributed by atoms with van der Waals surface area (Å²) in [4.78, 5) is 27.8. The van der Waals surface area contributed by atoms with Crippen LogP contribution in [0.1, 0.15) is 48.9 Å². The number of aryl methyl sites for hydroxylation is 3. The lowest BCUT2D eigenvalue weighted by Gasteiger charge is -2.31. The molecule has 0 bridgehead atoms. The van der Waals surface area contributed by atoms with Crippen LogP contribution in [0, 0.1) is 20.8 Å². The van der Waals surface area contributed by atoms with Gasteiger partial charge < -0.3 is 10.2 Å². The number of nitrogens with zero attached hydrogens (tertiary/aromatic N) is 2. The normalized spacial score (nSPS) is 12.2. The minimum atomic E-state index is -3.73. The van der Waals surface area contributed by atoms with Crippen LogP contribution in [0.4, 0.5) is 5.69 Å². The highest BCUT2D eigenvalue weighted by molar-refractivity contribution is 7.92. The monoisotopic (exact) mass is 487 g/mol. The molecule has 0 heterocycles. The number of unbranched alkanes of at least 4 members (excludes halogenated alkanes) is 1. The Morgan fingerprint density at radius 1 is 1.00 bits per heavy atom. The predicted octanol–water partition coefficient (Wildman–Crippen LogP) is 3.71. The Balaban J connectivity index is 2.35. The fourth-order valence-electron chi connectivity index (χ4n) is 3.50. The highest BCUT2D eigenvalue weighted by Gasteiger charge is 2.30. The van der Waals surface area contributed by atoms with Crippen LogP contribution in [0.15, 0.2) is 42.5 Å². The number of anilines is 1. The zero-order valence-electron chi connectivity index (χ0n) is 21.1. The van der Waals surface area contributed by atoms with Gasteiger partial charge in [0.15, 0.2) is 0 Å². The van der Waals surface area contributed by atoms with Gasteiger partial charge in [0, 0.05) is 13.1 Å². The molecular weight excluding hydrogens is 450 g/mol. The SMILES string of the molecule is CCCCNC(=O)[C@@H](C)N(Cc1ccc(C)cc1)C(=O)CN(c1ccc(C)c(C)c1)S(C)(=O)=O. The zero-order valence-corrected chi connectivity index (χ0v) is 21.9. The number of carbonyl (C=O) groups is 2. The van der Waals surface area contributed by atoms with Crippen molar-refractivity contribution < 1.29 is 18.0 Å². The molecule has 2 rings (SSSR count). The summed E-state index contributed by atoms with van der Waals surface area (Å²) in [6.07, 6.45) is 2.87. The summed E-state index contributed by atoms with van der Waals surface area (Å²) in [5.41, 5.74) is 4.34. The molecular formula is C26H37N3O4S. The number of amides is 2. The summed E-state index contributed by atoms with van der Waals surface area (Å²) < 4.78 is 26.4. The molecule has 186 valence electrons. The Bertz CT molecular complexity index is 1100. The lowest BCUT2D eigenvalue weighted by Crippen LogP contribution is -2.51. The molecule has 0 unspecified atom stereocenters. The lowest BCUT2D eigenvalue weighted by molar-refractivity contribution is -0.139. The van der Waals surface area contributed by atoms with E-state index in [0.717, 1.165) is 45.7 Å². The van der Waals surface area contributed by atoms with E-state index >= 15 is 0 Å². The lowest BCUT2D eigenvalue weighted by atomic mass is 10.1. The van der Waals surface area contributed by atoms with Crippen LogP contribution in [-0.4, -0.2) is 50.5 Å². The van der Waals surface area contributed by atoms with Crippen molar-refractivity contribution >= 4 is 27.5 Å². The molecule has 1 atom stereocenters. The van der Waals surface area contributed by atoms with E-state index in [-0.39, 0.29) is 19.0 Å². The molecule has 2 aromatic rings. The summed E-state index contributed by atoms with van der Waals surface area (Å²) in [5, 5.41) is 2.88. The summed E-state index contributed by atoms with van der Waals surface area (Å²) in [6, 6.07) is 12.2. The quantitative estimate of drug-likeness (QED) is 0.490. The van der Waals surface area contributed by atoms with Gasteiger partial charge in [-0.15, -0.1) is 0 Å². The molecule has 0 spiro atoms. The first kappa shape index (κ1) is 27.4. The maximum absolute atomic E-state index is 13.5. The van der Waals surface area contributed by atoms with E-state index in [1.807, 2.05) is 58.0 Å². The van der Waals surface area contributed by atoms with Gasteiger partial charge in [0.1, 0.15) is 12.6 Å². The standard InChI is InChI=1S/C26H37N3O4S/c1-7-8-15-27-26(31)22(5)28(17-23-12-9-19(2)10-13-23)25(30)18-29(34(6,32)33)24-14-11-20(3)21(4)16-24/h9-14,16,22H,7-8,15,17-18H2,1-6H3,(H,27,31)/t22-/m1/s1. The average molecular weight is 488 g/mol. The van der Waals surface area contributed by atoms with Crippen molar-refractivity contribution in [3.05, 3.63) is 64.7 Å². The Labute approximate surface area is 204 Å². The van der Waals surface area contributed by atoms with E-state index in [1.165, 1.54) is 4.90 Å². The van der Waals surface area contributed by atoms with Crippen molar-refractivity contribution in [1.82, 2.24) is 10.2 Å². The maximum Gasteiger partial charge on any atom is 0.244 e. The Kier molecular flexibility index (Phi) is 9.67. The van der Waals surface area contributed by atoms with E-state index in [9.17, 15) is 18.0 Å². The fourth-order valence-corrected chi connectivity index (χ4v) is 4.34. The topological polar surface area (TPSA) is 86.8 Å². The van der Waals surface area contributed by atoms with E-state index in [4.69, 9.17) is 0 Å². The number of carbonyl (C=O) groups excluding carboxylic acids is 2. The molecule has 0 saturated carbocycles. The third-order valence-electron chi connectivity index (χ3n) is 5.93. The molecule has 1 N–H and O–H groups in total. The van der Waals surface area contributed by atoms with Crippen LogP contribution in [0.5, 0.6) is 0 Å². The molecule has 0 fully saturated rings. The molecule has 0 saturated heterocycles. The second-order valence-electron chi connectivity index (χ2n) is 8.87. The summed E-state index contributed by atoms with van der Waals surface area (Å²) in [5.74, 6) is -0.701. The first-order valence-corrected chi connectivity index (χ1v) is 13.5. The number of nitrogens with one attached hydrogen (secondary N) is 1. The minimum Gasteiger partial charge on any atom is -0.354 e. The molecule has 34 heavy (non-hydrogen) atoms. The van der Waals surface area contributed by atoms with Crippen molar-refractivity contribution in [3.8, 4) is 0 Å². The van der Waals surface area contributed by atoms with Crippen molar-refractivity contribution in [2.24, 2.45) is 0 Å². The minimum absolute atomic E-state index is 0.200. The van der Waals surface area contributed by atoms with Crippen LogP contribution in [0.3, 0.4) is 0 Å². The van der Waals surface area contributed by atoms with Gasteiger partial charge in [0.05, 0.1) is 11.9 Å². The van der Waals surface area contributed by atoms with Crippen LogP contribution >= 0.6 is 0 Å². The van der Waals surface area contributed by atoms with Gasteiger partial charge in [-0.05, 0) is 62.9 Å². The van der Waals surface area contributed by atoms with Gasteiger partial charge in [-0.2, -0.15) is 0 Å². The van der Waals surface area contributed by atoms with E-state index in [0.29, 0.717) is 12.2 Å². The Morgan fingerprint density at radius 3 is 2.21 bits per heavy atom.